The van der Waals surface area contributed by atoms with Crippen molar-refractivity contribution >= 4 is 17.8 Å². The van der Waals surface area contributed by atoms with Gasteiger partial charge in [-0.1, -0.05) is 45.0 Å². The number of aromatic nitrogens is 3. The Balaban J connectivity index is 1.71. The van der Waals surface area contributed by atoms with E-state index in [1.807, 2.05) is 24.3 Å². The molecule has 3 heterocycles. The first-order valence-corrected chi connectivity index (χ1v) is 12.3. The van der Waals surface area contributed by atoms with Crippen LogP contribution in [0.5, 0.6) is 0 Å². The maximum atomic E-state index is 14.4. The average molecular weight is 533 g/mol. The summed E-state index contributed by atoms with van der Waals surface area (Å²) in [7, 11) is 0. The number of carbonyl (C=O) groups is 2. The molecular formula is C26H31F3N6O3. The number of hydrogen-bond acceptors (Lipinski definition) is 7. The van der Waals surface area contributed by atoms with Gasteiger partial charge in [-0.05, 0) is 30.0 Å². The first-order chi connectivity index (χ1) is 17.9. The van der Waals surface area contributed by atoms with E-state index in [-0.39, 0.29) is 36.8 Å². The number of carbonyl (C=O) groups excluding carboxylic acids is 2. The number of nitrogens with zero attached hydrogens (tertiary/aromatic N) is 4. The highest BCUT2D eigenvalue weighted by molar-refractivity contribution is 5.96. The Hall–Kier alpha value is -3.67. The van der Waals surface area contributed by atoms with Crippen LogP contribution in [0.2, 0.25) is 0 Å². The Bertz CT molecular complexity index is 1260. The van der Waals surface area contributed by atoms with E-state index in [1.54, 1.807) is 20.8 Å². The van der Waals surface area contributed by atoms with E-state index in [2.05, 4.69) is 15.4 Å². The molecule has 1 amide bonds. The van der Waals surface area contributed by atoms with E-state index in [4.69, 9.17) is 10.2 Å². The first-order valence-electron chi connectivity index (χ1n) is 12.3. The Morgan fingerprint density at radius 3 is 2.39 bits per heavy atom. The Labute approximate surface area is 218 Å². The zero-order chi connectivity index (χ0) is 27.7. The van der Waals surface area contributed by atoms with Crippen molar-refractivity contribution in [2.45, 2.75) is 64.8 Å². The molecule has 1 saturated heterocycles. The van der Waals surface area contributed by atoms with E-state index >= 15 is 0 Å². The second kappa shape index (κ2) is 10.6. The molecule has 4 rings (SSSR count). The van der Waals surface area contributed by atoms with Gasteiger partial charge in [0.25, 0.3) is 5.91 Å². The van der Waals surface area contributed by atoms with Crippen LogP contribution in [0.25, 0.3) is 0 Å². The van der Waals surface area contributed by atoms with Gasteiger partial charge in [0.1, 0.15) is 12.3 Å². The Morgan fingerprint density at radius 2 is 1.82 bits per heavy atom. The summed E-state index contributed by atoms with van der Waals surface area (Å²) in [6.07, 6.45) is -1.72. The molecule has 1 aromatic carbocycles. The van der Waals surface area contributed by atoms with Crippen molar-refractivity contribution < 1.29 is 27.2 Å². The molecule has 12 heteroatoms. The molecule has 3 N–H and O–H groups in total. The fraction of sp³-hybridized carbons (Fsp3) is 0.462. The molecule has 2 unspecified atom stereocenters. The molecule has 2 aromatic heterocycles. The van der Waals surface area contributed by atoms with E-state index in [0.29, 0.717) is 13.0 Å². The van der Waals surface area contributed by atoms with Gasteiger partial charge in [0.15, 0.2) is 5.82 Å². The Morgan fingerprint density at radius 1 is 1.13 bits per heavy atom. The number of halogens is 3. The molecule has 0 bridgehead atoms. The van der Waals surface area contributed by atoms with E-state index in [0.717, 1.165) is 20.7 Å². The van der Waals surface area contributed by atoms with Gasteiger partial charge in [0.05, 0.1) is 17.7 Å². The molecule has 0 spiro atoms. The monoisotopic (exact) mass is 532 g/mol. The lowest BCUT2D eigenvalue weighted by atomic mass is 9.85. The molecule has 204 valence electrons. The van der Waals surface area contributed by atoms with Gasteiger partial charge in [-0.2, -0.15) is 22.8 Å². The van der Waals surface area contributed by atoms with Crippen LogP contribution in [0, 0.1) is 5.41 Å². The second-order valence-corrected chi connectivity index (χ2v) is 10.4. The number of piperidine rings is 1. The van der Waals surface area contributed by atoms with Gasteiger partial charge in [0, 0.05) is 25.0 Å². The van der Waals surface area contributed by atoms with Gasteiger partial charge in [-0.25, -0.2) is 0 Å². The van der Waals surface area contributed by atoms with Crippen LogP contribution in [0.1, 0.15) is 66.8 Å². The lowest BCUT2D eigenvalue weighted by molar-refractivity contribution is -0.204. The number of rotatable bonds is 6. The largest absolute Gasteiger partial charge is 0.472 e. The fourth-order valence-corrected chi connectivity index (χ4v) is 4.55. The van der Waals surface area contributed by atoms with Gasteiger partial charge >= 0.3 is 6.18 Å². The third-order valence-electron chi connectivity index (χ3n) is 6.49. The van der Waals surface area contributed by atoms with Crippen LogP contribution in [0.3, 0.4) is 0 Å². The fourth-order valence-electron chi connectivity index (χ4n) is 4.55. The van der Waals surface area contributed by atoms with Crippen LogP contribution in [-0.4, -0.2) is 50.2 Å². The van der Waals surface area contributed by atoms with Gasteiger partial charge in [0.2, 0.25) is 11.9 Å². The summed E-state index contributed by atoms with van der Waals surface area (Å²) in [6, 6.07) is 6.75. The molecule has 0 aliphatic carbocycles. The number of furan rings is 1. The predicted octanol–water partition coefficient (Wildman–Crippen LogP) is 4.31. The van der Waals surface area contributed by atoms with Gasteiger partial charge < -0.3 is 20.4 Å². The standard InChI is InChI=1S/C26H31F3N6O3/c1-25(2,3)23(37)34-11-4-5-19(20(34)26(27,28)29)21-32-24(31-14-17-8-6-16(13-30)7-9-17)35(33-21)22(36)18-10-12-38-15-18/h6-10,12,15,19-20H,4-5,11,13-14,30H2,1-3H3,(H,31,32,33). The minimum absolute atomic E-state index is 0.00528. The topological polar surface area (TPSA) is 119 Å². The van der Waals surface area contributed by atoms with Gasteiger partial charge in [-0.3, -0.25) is 9.59 Å². The Kier molecular flexibility index (Phi) is 7.63. The molecule has 38 heavy (non-hydrogen) atoms. The van der Waals surface area contributed by atoms with Crippen LogP contribution in [0.15, 0.2) is 47.3 Å². The van der Waals surface area contributed by atoms with E-state index in [9.17, 15) is 22.8 Å². The van der Waals surface area contributed by atoms with Crippen molar-refractivity contribution in [3.8, 4) is 0 Å². The molecular weight excluding hydrogens is 501 g/mol. The van der Waals surface area contributed by atoms with Gasteiger partial charge in [-0.15, -0.1) is 5.10 Å². The molecule has 3 aromatic rings. The number of hydrogen-bond donors (Lipinski definition) is 2. The highest BCUT2D eigenvalue weighted by Crippen LogP contribution is 2.42. The van der Waals surface area contributed by atoms with Crippen LogP contribution >= 0.6 is 0 Å². The number of benzene rings is 1. The maximum absolute atomic E-state index is 14.4. The normalized spacial score (nSPS) is 18.4. The minimum atomic E-state index is -4.72. The summed E-state index contributed by atoms with van der Waals surface area (Å²) < 4.78 is 49.3. The molecule has 1 aliphatic rings. The number of nitrogens with one attached hydrogen (secondary N) is 1. The lowest BCUT2D eigenvalue weighted by Crippen LogP contribution is -2.57. The summed E-state index contributed by atoms with van der Waals surface area (Å²) in [5, 5.41) is 7.27. The average Bonchev–Trinajstić information content (AvgIpc) is 3.56. The highest BCUT2D eigenvalue weighted by atomic mass is 19.4. The summed E-state index contributed by atoms with van der Waals surface area (Å²) >= 11 is 0. The third-order valence-corrected chi connectivity index (χ3v) is 6.49. The lowest BCUT2D eigenvalue weighted by Gasteiger charge is -2.43. The summed E-state index contributed by atoms with van der Waals surface area (Å²) in [5.41, 5.74) is 6.60. The number of anilines is 1. The molecule has 2 atom stereocenters. The molecule has 0 saturated carbocycles. The van der Waals surface area contributed by atoms with Crippen molar-refractivity contribution in [3.63, 3.8) is 0 Å². The molecule has 1 fully saturated rings. The second-order valence-electron chi connectivity index (χ2n) is 10.4. The highest BCUT2D eigenvalue weighted by Gasteiger charge is 2.54. The molecule has 1 aliphatic heterocycles. The zero-order valence-corrected chi connectivity index (χ0v) is 21.5. The summed E-state index contributed by atoms with van der Waals surface area (Å²) in [6.45, 7) is 5.38. The maximum Gasteiger partial charge on any atom is 0.409 e. The number of likely N-dealkylation sites (tertiary alicyclic amines) is 1. The zero-order valence-electron chi connectivity index (χ0n) is 21.5. The van der Waals surface area contributed by atoms with E-state index in [1.165, 1.54) is 18.6 Å². The van der Waals surface area contributed by atoms with Crippen LogP contribution < -0.4 is 11.1 Å². The van der Waals surface area contributed by atoms with Crippen molar-refractivity contribution in [1.82, 2.24) is 19.7 Å². The number of nitrogens with two attached hydrogens (primary N) is 1. The van der Waals surface area contributed by atoms with Crippen molar-refractivity contribution in [3.05, 3.63) is 65.4 Å². The summed E-state index contributed by atoms with van der Waals surface area (Å²) in [5.74, 6) is -2.61. The van der Waals surface area contributed by atoms with Crippen LogP contribution in [0.4, 0.5) is 19.1 Å². The third kappa shape index (κ3) is 5.74. The number of amides is 1. The predicted molar refractivity (Wildman–Crippen MR) is 133 cm³/mol. The summed E-state index contributed by atoms with van der Waals surface area (Å²) in [4.78, 5) is 31.4. The first kappa shape index (κ1) is 27.4. The molecule has 9 nitrogen and oxygen atoms in total. The van der Waals surface area contributed by atoms with Crippen molar-refractivity contribution in [2.75, 3.05) is 11.9 Å². The molecule has 0 radical (unpaired) electrons. The van der Waals surface area contributed by atoms with Crippen molar-refractivity contribution in [2.24, 2.45) is 11.1 Å². The number of alkyl halides is 3. The quantitative estimate of drug-likeness (QED) is 0.485. The minimum Gasteiger partial charge on any atom is -0.472 e. The van der Waals surface area contributed by atoms with Crippen molar-refractivity contribution in [1.29, 1.82) is 0 Å². The smallest absolute Gasteiger partial charge is 0.409 e. The SMILES string of the molecule is CC(C)(C)C(=O)N1CCCC(c2nc(NCc3ccc(CN)cc3)n(C(=O)c3ccoc3)n2)C1C(F)(F)F. The van der Waals surface area contributed by atoms with Crippen LogP contribution in [-0.2, 0) is 17.9 Å². The van der Waals surface area contributed by atoms with E-state index < -0.39 is 35.4 Å².